The molecule has 0 saturated heterocycles. The zero-order valence-electron chi connectivity index (χ0n) is 14.5. The van der Waals surface area contributed by atoms with Crippen LogP contribution in [0.25, 0.3) is 6.08 Å². The molecular weight excluding hydrogens is 262 g/mol. The highest BCUT2D eigenvalue weighted by atomic mass is 16.4. The molecule has 1 aromatic heterocycles. The molecular formula is C18H30NO2+. The molecule has 1 rings (SSSR count). The second-order valence-corrected chi connectivity index (χ2v) is 6.22. The molecule has 1 aromatic rings. The lowest BCUT2D eigenvalue weighted by molar-refractivity contribution is -0.760. The summed E-state index contributed by atoms with van der Waals surface area (Å²) >= 11 is 0. The normalized spacial score (nSPS) is 12.0. The number of carboxylic acids is 1. The number of allylic oxidation sites excluding steroid dienone is 1. The third kappa shape index (κ3) is 5.70. The lowest BCUT2D eigenvalue weighted by atomic mass is 9.80. The van der Waals surface area contributed by atoms with E-state index in [2.05, 4.69) is 24.6 Å². The van der Waals surface area contributed by atoms with Crippen LogP contribution in [-0.4, -0.2) is 11.1 Å². The van der Waals surface area contributed by atoms with Crippen molar-refractivity contribution in [3.8, 4) is 0 Å². The van der Waals surface area contributed by atoms with E-state index in [9.17, 15) is 9.90 Å². The van der Waals surface area contributed by atoms with Crippen LogP contribution in [-0.2, 0) is 10.3 Å². The largest absolute Gasteiger partial charge is 0.481 e. The molecule has 0 unspecified atom stereocenters. The van der Waals surface area contributed by atoms with Crippen LogP contribution in [0.4, 0.5) is 0 Å². The second kappa shape index (κ2) is 7.96. The van der Waals surface area contributed by atoms with Gasteiger partial charge in [0.2, 0.25) is 0 Å². The van der Waals surface area contributed by atoms with Crippen molar-refractivity contribution in [3.63, 3.8) is 0 Å². The predicted molar refractivity (Wildman–Crippen MR) is 88.0 cm³/mol. The molecule has 0 amide bonds. The minimum absolute atomic E-state index is 0.251. The van der Waals surface area contributed by atoms with Gasteiger partial charge in [0.05, 0.1) is 5.41 Å². The number of hydrogen-bond acceptors (Lipinski definition) is 1. The molecule has 0 saturated carbocycles. The van der Waals surface area contributed by atoms with Gasteiger partial charge in [-0.15, -0.1) is 0 Å². The summed E-state index contributed by atoms with van der Waals surface area (Å²) in [5.74, 6) is -0.759. The van der Waals surface area contributed by atoms with Crippen LogP contribution in [0.5, 0.6) is 0 Å². The Labute approximate surface area is 129 Å². The van der Waals surface area contributed by atoms with Gasteiger partial charge >= 0.3 is 5.97 Å². The molecule has 0 fully saturated rings. The van der Waals surface area contributed by atoms with Crippen LogP contribution in [0.2, 0.25) is 0 Å². The summed E-state index contributed by atoms with van der Waals surface area (Å²) in [5.41, 5.74) is 0.123. The first-order chi connectivity index (χ1) is 9.69. The smallest absolute Gasteiger partial charge is 0.309 e. The summed E-state index contributed by atoms with van der Waals surface area (Å²) in [7, 11) is 0. The maximum atomic E-state index is 11.3. The fraction of sp³-hybridized carbons (Fsp3) is 0.556. The summed E-state index contributed by atoms with van der Waals surface area (Å²) in [5, 5.41) is 9.27. The van der Waals surface area contributed by atoms with E-state index in [4.69, 9.17) is 0 Å². The summed E-state index contributed by atoms with van der Waals surface area (Å²) < 4.78 is 2.09. The average molecular weight is 292 g/mol. The Morgan fingerprint density at radius 2 is 1.86 bits per heavy atom. The Balaban J connectivity index is 0.00000191. The average Bonchev–Trinajstić information content (AvgIpc) is 2.40. The number of carbonyl (C=O) groups is 1. The van der Waals surface area contributed by atoms with Crippen molar-refractivity contribution in [2.75, 3.05) is 0 Å². The van der Waals surface area contributed by atoms with Gasteiger partial charge in [0.1, 0.15) is 0 Å². The van der Waals surface area contributed by atoms with Crippen molar-refractivity contribution < 1.29 is 14.5 Å². The SMILES string of the molecule is C/C=C/c1ccc[n+](C(C)(C)CC(C)(C)C(=O)O)c1.CC. The van der Waals surface area contributed by atoms with Gasteiger partial charge in [0, 0.05) is 31.9 Å². The van der Waals surface area contributed by atoms with Gasteiger partial charge in [-0.05, 0) is 26.8 Å². The highest BCUT2D eigenvalue weighted by Crippen LogP contribution is 2.29. The number of pyridine rings is 1. The number of carboxylic acid groups (broad SMARTS) is 1. The lowest BCUT2D eigenvalue weighted by Crippen LogP contribution is -2.54. The summed E-state index contributed by atoms with van der Waals surface area (Å²) in [4.78, 5) is 11.3. The van der Waals surface area contributed by atoms with Crippen molar-refractivity contribution in [3.05, 3.63) is 36.2 Å². The molecule has 21 heavy (non-hydrogen) atoms. The molecule has 1 N–H and O–H groups in total. The zero-order chi connectivity index (χ0) is 16.7. The van der Waals surface area contributed by atoms with Gasteiger partial charge in [-0.1, -0.05) is 26.0 Å². The van der Waals surface area contributed by atoms with E-state index in [1.54, 1.807) is 13.8 Å². The number of nitrogens with zero attached hydrogens (tertiary/aromatic N) is 1. The molecule has 0 aromatic carbocycles. The van der Waals surface area contributed by atoms with Crippen LogP contribution < -0.4 is 4.57 Å². The Kier molecular flexibility index (Phi) is 7.34. The Morgan fingerprint density at radius 1 is 1.29 bits per heavy atom. The van der Waals surface area contributed by atoms with E-state index < -0.39 is 11.4 Å². The molecule has 0 atom stereocenters. The molecule has 0 spiro atoms. The molecule has 0 radical (unpaired) electrons. The van der Waals surface area contributed by atoms with Crippen molar-refractivity contribution in [2.24, 2.45) is 5.41 Å². The quantitative estimate of drug-likeness (QED) is 0.823. The van der Waals surface area contributed by atoms with Crippen molar-refractivity contribution in [1.82, 2.24) is 0 Å². The van der Waals surface area contributed by atoms with Crippen molar-refractivity contribution in [2.45, 2.75) is 60.4 Å². The second-order valence-electron chi connectivity index (χ2n) is 6.22. The van der Waals surface area contributed by atoms with Gasteiger partial charge in [-0.25, -0.2) is 0 Å². The fourth-order valence-electron chi connectivity index (χ4n) is 2.41. The van der Waals surface area contributed by atoms with E-state index in [1.807, 2.05) is 51.3 Å². The number of hydrogen-bond donors (Lipinski definition) is 1. The molecule has 0 bridgehead atoms. The van der Waals surface area contributed by atoms with Crippen molar-refractivity contribution in [1.29, 1.82) is 0 Å². The fourth-order valence-corrected chi connectivity index (χ4v) is 2.41. The highest BCUT2D eigenvalue weighted by Gasteiger charge is 2.40. The van der Waals surface area contributed by atoms with Gasteiger partial charge in [-0.3, -0.25) is 4.79 Å². The number of rotatable bonds is 5. The molecule has 3 heteroatoms. The van der Waals surface area contributed by atoms with Gasteiger partial charge in [0.25, 0.3) is 0 Å². The van der Waals surface area contributed by atoms with E-state index in [-0.39, 0.29) is 5.54 Å². The summed E-state index contributed by atoms with van der Waals surface area (Å²) in [6.07, 6.45) is 8.64. The summed E-state index contributed by atoms with van der Waals surface area (Å²) in [6, 6.07) is 4.03. The van der Waals surface area contributed by atoms with Crippen LogP contribution in [0.3, 0.4) is 0 Å². The van der Waals surface area contributed by atoms with Crippen LogP contribution in [0, 0.1) is 5.41 Å². The predicted octanol–water partition coefficient (Wildman–Crippen LogP) is 4.27. The summed E-state index contributed by atoms with van der Waals surface area (Å²) in [6.45, 7) is 13.7. The Hall–Kier alpha value is -1.64. The zero-order valence-corrected chi connectivity index (χ0v) is 14.5. The molecule has 0 aliphatic heterocycles. The molecule has 118 valence electrons. The minimum Gasteiger partial charge on any atom is -0.481 e. The van der Waals surface area contributed by atoms with Gasteiger partial charge in [0.15, 0.2) is 17.9 Å². The third-order valence-corrected chi connectivity index (χ3v) is 3.34. The topological polar surface area (TPSA) is 41.2 Å². The molecule has 3 nitrogen and oxygen atoms in total. The maximum Gasteiger partial charge on any atom is 0.309 e. The maximum absolute atomic E-state index is 11.3. The minimum atomic E-state index is -0.759. The van der Waals surface area contributed by atoms with E-state index >= 15 is 0 Å². The van der Waals surface area contributed by atoms with E-state index in [1.165, 1.54) is 0 Å². The number of aromatic nitrogens is 1. The van der Waals surface area contributed by atoms with Crippen LogP contribution in [0.1, 0.15) is 60.5 Å². The third-order valence-electron chi connectivity index (χ3n) is 3.34. The standard InChI is InChI=1S/C16H23NO2.C2H6/c1-6-8-13-9-7-10-17(11-13)16(4,5)12-15(2,3)14(18)19;1-2/h6-11H,12H2,1-5H3;1-2H3/p+1/b8-6+;. The van der Waals surface area contributed by atoms with Crippen molar-refractivity contribution >= 4 is 12.0 Å². The van der Waals surface area contributed by atoms with Gasteiger partial charge < -0.3 is 5.11 Å². The van der Waals surface area contributed by atoms with Crippen LogP contribution in [0.15, 0.2) is 30.6 Å². The Bertz CT molecular complexity index is 488. The first kappa shape index (κ1) is 19.4. The monoisotopic (exact) mass is 292 g/mol. The first-order valence-electron chi connectivity index (χ1n) is 7.57. The van der Waals surface area contributed by atoms with Gasteiger partial charge in [-0.2, -0.15) is 4.57 Å². The highest BCUT2D eigenvalue weighted by molar-refractivity contribution is 5.73. The molecule has 0 aliphatic rings. The Morgan fingerprint density at radius 3 is 2.33 bits per heavy atom. The van der Waals surface area contributed by atoms with E-state index in [0.717, 1.165) is 5.56 Å². The lowest BCUT2D eigenvalue weighted by Gasteiger charge is -2.28. The number of aliphatic carboxylic acids is 1. The first-order valence-corrected chi connectivity index (χ1v) is 7.57. The molecule has 1 heterocycles. The molecule has 0 aliphatic carbocycles. The van der Waals surface area contributed by atoms with E-state index in [0.29, 0.717) is 6.42 Å². The van der Waals surface area contributed by atoms with Crippen LogP contribution >= 0.6 is 0 Å².